The van der Waals surface area contributed by atoms with E-state index in [1.54, 1.807) is 0 Å². The van der Waals surface area contributed by atoms with Crippen LogP contribution in [0.15, 0.2) is 0 Å². The molecule has 3 aliphatic rings. The van der Waals surface area contributed by atoms with E-state index in [1.165, 1.54) is 27.9 Å². The van der Waals surface area contributed by atoms with E-state index < -0.39 is 171 Å². The summed E-state index contributed by atoms with van der Waals surface area (Å²) < 4.78 is 60.2. The van der Waals surface area contributed by atoms with E-state index in [-0.39, 0.29) is 118 Å². The van der Waals surface area contributed by atoms with Crippen molar-refractivity contribution in [2.75, 3.05) is 126 Å². The normalized spacial score (nSPS) is 27.5. The third-order valence-corrected chi connectivity index (χ3v) is 13.0. The lowest BCUT2D eigenvalue weighted by Crippen LogP contribution is -2.64. The zero-order chi connectivity index (χ0) is 65.7. The van der Waals surface area contributed by atoms with Crippen LogP contribution in [0.2, 0.25) is 0 Å². The highest BCUT2D eigenvalue weighted by atomic mass is 16.7. The van der Waals surface area contributed by atoms with Crippen LogP contribution < -0.4 is 42.5 Å². The number of methoxy groups -OCH3 is 1. The second kappa shape index (κ2) is 44.4. The lowest BCUT2D eigenvalue weighted by Gasteiger charge is -2.42. The Kier molecular flexibility index (Phi) is 39.9. The molecule has 17 unspecified atom stereocenters. The van der Waals surface area contributed by atoms with Crippen LogP contribution >= 0.6 is 0 Å². The molecule has 0 saturated carbocycles. The van der Waals surface area contributed by atoms with Crippen molar-refractivity contribution in [3.8, 4) is 0 Å². The van der Waals surface area contributed by atoms with Crippen LogP contribution in [0.5, 0.6) is 0 Å². The SMILES string of the molecule is CC.COCCOCCC(=O)NC(C(=O)NCCOCCOC1OC(CO)C(O)C(O)C1NC(C)=O)C(=O)NC(CCC(=O)NCCOCCOC1OC(CO)C(O)C(O)C1NC(C)=O)C(=O)NCCOCCOC1OC(CO)C(O)C(O)C1NC(C)=O. The molecule has 0 aromatic heterocycles. The van der Waals surface area contributed by atoms with Crippen molar-refractivity contribution >= 4 is 47.3 Å². The van der Waals surface area contributed by atoms with Gasteiger partial charge in [-0.15, -0.1) is 0 Å². The summed E-state index contributed by atoms with van der Waals surface area (Å²) in [6.07, 6.45) is -17.8. The minimum Gasteiger partial charge on any atom is -0.394 e. The van der Waals surface area contributed by atoms with Crippen LogP contribution in [-0.2, 0) is 90.5 Å². The number of ether oxygens (including phenoxy) is 11. The zero-order valence-corrected chi connectivity index (χ0v) is 50.4. The van der Waals surface area contributed by atoms with Gasteiger partial charge >= 0.3 is 0 Å². The molecule has 3 fully saturated rings. The molecule has 3 aliphatic heterocycles. The fourth-order valence-electron chi connectivity index (χ4n) is 8.58. The van der Waals surface area contributed by atoms with Gasteiger partial charge in [0.1, 0.15) is 79.1 Å². The first-order chi connectivity index (χ1) is 42.1. The molecule has 88 heavy (non-hydrogen) atoms. The fourth-order valence-corrected chi connectivity index (χ4v) is 8.58. The van der Waals surface area contributed by atoms with E-state index >= 15 is 0 Å². The average molecular weight is 1280 g/mol. The summed E-state index contributed by atoms with van der Waals surface area (Å²) in [7, 11) is 1.44. The summed E-state index contributed by atoms with van der Waals surface area (Å²) in [5, 5.41) is 111. The maximum atomic E-state index is 14.0. The number of amides is 8. The van der Waals surface area contributed by atoms with Crippen LogP contribution in [0.1, 0.15) is 53.9 Å². The first-order valence-electron chi connectivity index (χ1n) is 28.8. The molecule has 17 N–H and O–H groups in total. The Morgan fingerprint density at radius 1 is 0.420 bits per heavy atom. The highest BCUT2D eigenvalue weighted by Gasteiger charge is 2.48. The molecule has 3 saturated heterocycles. The van der Waals surface area contributed by atoms with Crippen LogP contribution in [0.25, 0.3) is 0 Å². The third-order valence-electron chi connectivity index (χ3n) is 13.0. The predicted octanol–water partition coefficient (Wildman–Crippen LogP) is -9.91. The molecule has 3 heterocycles. The number of carbonyl (C=O) groups excluding carboxylic acids is 8. The summed E-state index contributed by atoms with van der Waals surface area (Å²) in [5.74, 6) is -6.17. The topological polar surface area (TPSA) is 516 Å². The number of hydrogen-bond acceptors (Lipinski definition) is 28. The quantitative estimate of drug-likeness (QED) is 0.0200. The minimum atomic E-state index is -1.97. The summed E-state index contributed by atoms with van der Waals surface area (Å²) in [6, 6.07) is -7.09. The molecular weight excluding hydrogens is 1180 g/mol. The molecular formula is C52H94N8O28. The molecule has 0 aliphatic carbocycles. The van der Waals surface area contributed by atoms with Gasteiger partial charge in [-0.1, -0.05) is 13.8 Å². The number of hydrogen-bond donors (Lipinski definition) is 17. The van der Waals surface area contributed by atoms with Crippen LogP contribution in [0, 0.1) is 0 Å². The Labute approximate surface area is 508 Å². The van der Waals surface area contributed by atoms with Crippen LogP contribution in [-0.4, -0.2) is 323 Å². The molecule has 36 nitrogen and oxygen atoms in total. The summed E-state index contributed by atoms with van der Waals surface area (Å²) in [6.45, 7) is 3.92. The van der Waals surface area contributed by atoms with Gasteiger partial charge < -0.3 is 141 Å². The maximum Gasteiger partial charge on any atom is 0.253 e. The first-order valence-corrected chi connectivity index (χ1v) is 28.8. The average Bonchev–Trinajstić information content (AvgIpc) is 3.15. The van der Waals surface area contributed by atoms with Gasteiger partial charge in [0, 0.05) is 60.4 Å². The summed E-state index contributed by atoms with van der Waals surface area (Å²) in [4.78, 5) is 103. The minimum absolute atomic E-state index is 0.0608. The van der Waals surface area contributed by atoms with Crippen molar-refractivity contribution in [3.63, 3.8) is 0 Å². The monoisotopic (exact) mass is 1280 g/mol. The molecule has 0 spiro atoms. The van der Waals surface area contributed by atoms with Crippen molar-refractivity contribution in [1.29, 1.82) is 0 Å². The Balaban J connectivity index is 0.0000131. The molecule has 17 atom stereocenters. The van der Waals surface area contributed by atoms with Crippen molar-refractivity contribution in [1.82, 2.24) is 42.5 Å². The van der Waals surface area contributed by atoms with E-state index in [2.05, 4.69) is 42.5 Å². The van der Waals surface area contributed by atoms with E-state index in [9.17, 15) is 84.3 Å². The fraction of sp³-hybridized carbons (Fsp3) is 0.846. The van der Waals surface area contributed by atoms with E-state index in [0.29, 0.717) is 0 Å². The molecule has 3 rings (SSSR count). The van der Waals surface area contributed by atoms with Crippen LogP contribution in [0.3, 0.4) is 0 Å². The van der Waals surface area contributed by atoms with Crippen molar-refractivity contribution < 1.29 is 136 Å². The van der Waals surface area contributed by atoms with Gasteiger partial charge in [0.2, 0.25) is 35.4 Å². The molecule has 510 valence electrons. The molecule has 0 radical (unpaired) electrons. The highest BCUT2D eigenvalue weighted by molar-refractivity contribution is 6.08. The second-order valence-corrected chi connectivity index (χ2v) is 19.6. The Morgan fingerprint density at radius 2 is 0.784 bits per heavy atom. The molecule has 0 bridgehead atoms. The highest BCUT2D eigenvalue weighted by Crippen LogP contribution is 2.25. The number of aliphatic hydroxyl groups excluding tert-OH is 9. The number of rotatable bonds is 41. The molecule has 8 amide bonds. The number of nitrogens with one attached hydrogen (secondary N) is 8. The second-order valence-electron chi connectivity index (χ2n) is 19.6. The van der Waals surface area contributed by atoms with Crippen molar-refractivity contribution in [3.05, 3.63) is 0 Å². The predicted molar refractivity (Wildman–Crippen MR) is 297 cm³/mol. The lowest BCUT2D eigenvalue weighted by molar-refractivity contribution is -0.272. The number of carbonyl (C=O) groups is 8. The Morgan fingerprint density at radius 3 is 1.16 bits per heavy atom. The lowest BCUT2D eigenvalue weighted by atomic mass is 9.97. The van der Waals surface area contributed by atoms with Gasteiger partial charge in [0.05, 0.1) is 99.1 Å². The smallest absolute Gasteiger partial charge is 0.253 e. The molecule has 36 heteroatoms. The van der Waals surface area contributed by atoms with Crippen molar-refractivity contribution in [2.24, 2.45) is 0 Å². The number of aliphatic hydroxyl groups is 9. The third kappa shape index (κ3) is 28.4. The summed E-state index contributed by atoms with van der Waals surface area (Å²) in [5.41, 5.74) is 0. The first kappa shape index (κ1) is 79.1. The van der Waals surface area contributed by atoms with Gasteiger partial charge in [0.15, 0.2) is 24.9 Å². The van der Waals surface area contributed by atoms with E-state index in [1.807, 2.05) is 13.8 Å². The van der Waals surface area contributed by atoms with Crippen molar-refractivity contribution in [2.45, 2.75) is 158 Å². The Bertz CT molecular complexity index is 2060. The van der Waals surface area contributed by atoms with E-state index in [0.717, 1.165) is 0 Å². The van der Waals surface area contributed by atoms with Gasteiger partial charge in [-0.25, -0.2) is 0 Å². The largest absolute Gasteiger partial charge is 0.394 e. The van der Waals surface area contributed by atoms with Gasteiger partial charge in [-0.2, -0.15) is 0 Å². The van der Waals surface area contributed by atoms with E-state index in [4.69, 9.17) is 52.1 Å². The van der Waals surface area contributed by atoms with Crippen LogP contribution in [0.4, 0.5) is 0 Å². The standard InChI is InChI=1S/C50H88N8O28.C2H6/c1-26(62)54-35-42(70)39(67)30(23-59)84-48(35)81-20-17-78-12-8-51-33(65)6-5-29(45(73)52-9-13-79-18-21-82-49-36(55-27(2)63)43(71)40(68)31(24-60)85-49)57-47(75)38(58-34(66)7-11-77-16-15-76-4)46(74)53-10-14-80-19-22-83-50-37(56-28(3)64)44(72)41(69)32(25-61)86-50;1-2/h29-32,35-44,48-50,59-61,67-72H,5-25H2,1-4H3,(H,51,65)(H,52,73)(H,53,74)(H,54,62)(H,55,63)(H,56,64)(H,57,75)(H,58,66);1-2H3. The van der Waals surface area contributed by atoms with Gasteiger partial charge in [-0.05, 0) is 6.42 Å². The van der Waals surface area contributed by atoms with Gasteiger partial charge in [-0.3, -0.25) is 38.4 Å². The molecule has 0 aromatic rings. The zero-order valence-electron chi connectivity index (χ0n) is 50.4. The summed E-state index contributed by atoms with van der Waals surface area (Å²) >= 11 is 0. The Hall–Kier alpha value is -5.04. The molecule has 0 aromatic carbocycles. The maximum absolute atomic E-state index is 14.0. The van der Waals surface area contributed by atoms with Gasteiger partial charge in [0.25, 0.3) is 11.8 Å².